The van der Waals surface area contributed by atoms with E-state index in [-0.39, 0.29) is 10.8 Å². The molecular weight excluding hydrogens is 342 g/mol. The molecule has 1 aliphatic heterocycles. The van der Waals surface area contributed by atoms with Gasteiger partial charge in [-0.3, -0.25) is 4.79 Å². The van der Waals surface area contributed by atoms with Gasteiger partial charge in [-0.25, -0.2) is 12.7 Å². The van der Waals surface area contributed by atoms with Gasteiger partial charge < -0.3 is 15.4 Å². The molecule has 1 fully saturated rings. The summed E-state index contributed by atoms with van der Waals surface area (Å²) in [7, 11) is 1.17. The summed E-state index contributed by atoms with van der Waals surface area (Å²) in [6.45, 7) is 2.36. The standard InChI is InChI=1S/C17H27N3O4S/c1-20(2)25(22,23)15-6-4-14(5-7-15)12-19-16(21)17(13-24-3)8-10-18-11-9-17/h4-7,18H,8-13H2,1-3H3,(H,19,21). The largest absolute Gasteiger partial charge is 0.384 e. The van der Waals surface area contributed by atoms with E-state index in [4.69, 9.17) is 4.74 Å². The molecule has 0 aliphatic carbocycles. The Morgan fingerprint density at radius 2 is 1.84 bits per heavy atom. The monoisotopic (exact) mass is 369 g/mol. The Morgan fingerprint density at radius 1 is 1.24 bits per heavy atom. The number of carbonyl (C=O) groups is 1. The normalized spacial score (nSPS) is 17.4. The van der Waals surface area contributed by atoms with Crippen molar-refractivity contribution < 1.29 is 17.9 Å². The molecule has 1 aromatic carbocycles. The summed E-state index contributed by atoms with van der Waals surface area (Å²) >= 11 is 0. The quantitative estimate of drug-likeness (QED) is 0.734. The number of hydrogen-bond donors (Lipinski definition) is 2. The van der Waals surface area contributed by atoms with E-state index in [1.54, 1.807) is 31.4 Å². The number of piperidine rings is 1. The van der Waals surface area contributed by atoms with Gasteiger partial charge in [0.05, 0.1) is 16.9 Å². The predicted octanol–water partition coefficient (Wildman–Crippen LogP) is 0.569. The predicted molar refractivity (Wildman–Crippen MR) is 95.6 cm³/mol. The first-order valence-corrected chi connectivity index (χ1v) is 9.75. The number of sulfonamides is 1. The molecule has 0 bridgehead atoms. The average molecular weight is 369 g/mol. The molecule has 7 nitrogen and oxygen atoms in total. The molecule has 1 saturated heterocycles. The van der Waals surface area contributed by atoms with Crippen LogP contribution in [0.4, 0.5) is 0 Å². The van der Waals surface area contributed by atoms with Gasteiger partial charge >= 0.3 is 0 Å². The van der Waals surface area contributed by atoms with E-state index in [2.05, 4.69) is 10.6 Å². The first-order valence-electron chi connectivity index (χ1n) is 8.31. The van der Waals surface area contributed by atoms with Crippen molar-refractivity contribution in [3.63, 3.8) is 0 Å². The van der Waals surface area contributed by atoms with Gasteiger partial charge in [0.15, 0.2) is 0 Å². The molecule has 1 heterocycles. The van der Waals surface area contributed by atoms with Gasteiger partial charge in [0.25, 0.3) is 0 Å². The highest BCUT2D eigenvalue weighted by atomic mass is 32.2. The van der Waals surface area contributed by atoms with E-state index in [0.717, 1.165) is 31.5 Å². The first-order chi connectivity index (χ1) is 11.8. The number of hydrogen-bond acceptors (Lipinski definition) is 5. The zero-order valence-corrected chi connectivity index (χ0v) is 15.9. The lowest BCUT2D eigenvalue weighted by molar-refractivity contribution is -0.136. The van der Waals surface area contributed by atoms with Crippen molar-refractivity contribution in [2.45, 2.75) is 24.3 Å². The van der Waals surface area contributed by atoms with Crippen LogP contribution >= 0.6 is 0 Å². The Balaban J connectivity index is 2.02. The van der Waals surface area contributed by atoms with Crippen LogP contribution in [0.2, 0.25) is 0 Å². The summed E-state index contributed by atoms with van der Waals surface area (Å²) in [6.07, 6.45) is 1.49. The number of benzene rings is 1. The van der Waals surface area contributed by atoms with Crippen LogP contribution in [0.1, 0.15) is 18.4 Å². The number of methoxy groups -OCH3 is 1. The minimum atomic E-state index is -3.44. The molecule has 25 heavy (non-hydrogen) atoms. The van der Waals surface area contributed by atoms with Gasteiger partial charge in [-0.15, -0.1) is 0 Å². The van der Waals surface area contributed by atoms with E-state index in [1.807, 2.05) is 0 Å². The minimum Gasteiger partial charge on any atom is -0.384 e. The molecule has 0 atom stereocenters. The lowest BCUT2D eigenvalue weighted by atomic mass is 9.78. The van der Waals surface area contributed by atoms with Crippen LogP contribution in [0.5, 0.6) is 0 Å². The summed E-state index contributed by atoms with van der Waals surface area (Å²) in [5, 5.41) is 6.23. The Bertz CT molecular complexity index is 675. The third-order valence-electron chi connectivity index (χ3n) is 4.62. The van der Waals surface area contributed by atoms with Crippen LogP contribution in [-0.4, -0.2) is 59.5 Å². The van der Waals surface area contributed by atoms with Gasteiger partial charge in [0.1, 0.15) is 0 Å². The zero-order chi connectivity index (χ0) is 18.5. The molecule has 2 rings (SSSR count). The molecule has 140 valence electrons. The molecule has 0 saturated carbocycles. The number of nitrogens with zero attached hydrogens (tertiary/aromatic N) is 1. The molecular formula is C17H27N3O4S. The van der Waals surface area contributed by atoms with Crippen molar-refractivity contribution in [3.05, 3.63) is 29.8 Å². The number of carbonyl (C=O) groups excluding carboxylic acids is 1. The molecule has 2 N–H and O–H groups in total. The average Bonchev–Trinajstić information content (AvgIpc) is 2.61. The van der Waals surface area contributed by atoms with Crippen LogP contribution in [0.25, 0.3) is 0 Å². The van der Waals surface area contributed by atoms with Crippen molar-refractivity contribution in [3.8, 4) is 0 Å². The second kappa shape index (κ2) is 8.27. The Kier molecular flexibility index (Phi) is 6.56. The van der Waals surface area contributed by atoms with E-state index in [1.165, 1.54) is 18.4 Å². The highest BCUT2D eigenvalue weighted by Gasteiger charge is 2.39. The Hall–Kier alpha value is -1.48. The first kappa shape index (κ1) is 19.8. The fraction of sp³-hybridized carbons (Fsp3) is 0.588. The van der Waals surface area contributed by atoms with Crippen LogP contribution in [0.15, 0.2) is 29.2 Å². The summed E-state index contributed by atoms with van der Waals surface area (Å²) in [6, 6.07) is 6.57. The number of amides is 1. The van der Waals surface area contributed by atoms with Crippen LogP contribution in [0, 0.1) is 5.41 Å². The SMILES string of the molecule is COCC1(C(=O)NCc2ccc(S(=O)(=O)N(C)C)cc2)CCNCC1. The van der Waals surface area contributed by atoms with Gasteiger partial charge in [0, 0.05) is 27.7 Å². The second-order valence-electron chi connectivity index (χ2n) is 6.58. The topological polar surface area (TPSA) is 87.7 Å². The van der Waals surface area contributed by atoms with E-state index >= 15 is 0 Å². The maximum absolute atomic E-state index is 12.7. The van der Waals surface area contributed by atoms with Crippen LogP contribution in [0.3, 0.4) is 0 Å². The third-order valence-corrected chi connectivity index (χ3v) is 6.45. The maximum atomic E-state index is 12.7. The maximum Gasteiger partial charge on any atom is 0.242 e. The Morgan fingerprint density at radius 3 is 2.36 bits per heavy atom. The van der Waals surface area contributed by atoms with Gasteiger partial charge in [0.2, 0.25) is 15.9 Å². The van der Waals surface area contributed by atoms with E-state index < -0.39 is 15.4 Å². The fourth-order valence-corrected chi connectivity index (χ4v) is 3.88. The highest BCUT2D eigenvalue weighted by molar-refractivity contribution is 7.89. The zero-order valence-electron chi connectivity index (χ0n) is 15.0. The molecule has 1 aliphatic rings. The molecule has 8 heteroatoms. The van der Waals surface area contributed by atoms with Crippen molar-refractivity contribution in [1.82, 2.24) is 14.9 Å². The van der Waals surface area contributed by atoms with Crippen molar-refractivity contribution >= 4 is 15.9 Å². The molecule has 1 amide bonds. The van der Waals surface area contributed by atoms with Crippen LogP contribution < -0.4 is 10.6 Å². The highest BCUT2D eigenvalue weighted by Crippen LogP contribution is 2.29. The van der Waals surface area contributed by atoms with Crippen molar-refractivity contribution in [2.75, 3.05) is 40.9 Å². The molecule has 0 radical (unpaired) electrons. The third kappa shape index (κ3) is 4.58. The summed E-state index contributed by atoms with van der Waals surface area (Å²) in [5.41, 5.74) is 0.362. The number of rotatable bonds is 7. The Labute approximate surface area is 149 Å². The van der Waals surface area contributed by atoms with Crippen LogP contribution in [-0.2, 0) is 26.1 Å². The number of nitrogens with one attached hydrogen (secondary N) is 2. The van der Waals surface area contributed by atoms with Gasteiger partial charge in [-0.05, 0) is 43.6 Å². The molecule has 0 aromatic heterocycles. The summed E-state index contributed by atoms with van der Waals surface area (Å²) < 4.78 is 30.6. The van der Waals surface area contributed by atoms with Gasteiger partial charge in [-0.2, -0.15) is 0 Å². The fourth-order valence-electron chi connectivity index (χ4n) is 2.98. The molecule has 0 spiro atoms. The van der Waals surface area contributed by atoms with E-state index in [9.17, 15) is 13.2 Å². The second-order valence-corrected chi connectivity index (χ2v) is 8.73. The summed E-state index contributed by atoms with van der Waals surface area (Å²) in [5.74, 6) is -0.0131. The van der Waals surface area contributed by atoms with Gasteiger partial charge in [-0.1, -0.05) is 12.1 Å². The van der Waals surface area contributed by atoms with E-state index in [0.29, 0.717) is 13.2 Å². The lowest BCUT2D eigenvalue weighted by Crippen LogP contribution is -2.49. The lowest BCUT2D eigenvalue weighted by Gasteiger charge is -2.35. The molecule has 0 unspecified atom stereocenters. The van der Waals surface area contributed by atoms with Crippen molar-refractivity contribution in [2.24, 2.45) is 5.41 Å². The van der Waals surface area contributed by atoms with Crippen molar-refractivity contribution in [1.29, 1.82) is 0 Å². The smallest absolute Gasteiger partial charge is 0.242 e. The number of ether oxygens (including phenoxy) is 1. The summed E-state index contributed by atoms with van der Waals surface area (Å²) in [4.78, 5) is 12.9. The minimum absolute atomic E-state index is 0.0131. The molecule has 1 aromatic rings.